The van der Waals surface area contributed by atoms with Crippen LogP contribution in [0.3, 0.4) is 0 Å². The Bertz CT molecular complexity index is 962. The summed E-state index contributed by atoms with van der Waals surface area (Å²) in [6.45, 7) is 1.22. The molecule has 2 aromatic carbocycles. The number of nitro benzene ring substituents is 1. The Labute approximate surface area is 155 Å². The van der Waals surface area contributed by atoms with Gasteiger partial charge in [0, 0.05) is 22.8 Å². The molecule has 0 aliphatic heterocycles. The minimum Gasteiger partial charge on any atom is -0.324 e. The molecule has 0 heterocycles. The molecule has 2 rings (SSSR count). The molecule has 0 radical (unpaired) electrons. The molecule has 0 aliphatic rings. The van der Waals surface area contributed by atoms with Crippen LogP contribution in [-0.4, -0.2) is 32.0 Å². The van der Waals surface area contributed by atoms with Crippen molar-refractivity contribution in [2.45, 2.75) is 6.92 Å². The molecular formula is C16H16ClN3O5S. The van der Waals surface area contributed by atoms with E-state index in [1.807, 2.05) is 0 Å². The molecule has 0 saturated heterocycles. The number of nitro groups is 1. The maximum Gasteiger partial charge on any atom is 0.271 e. The minimum absolute atomic E-state index is 0.0321. The van der Waals surface area contributed by atoms with E-state index in [4.69, 9.17) is 11.6 Å². The molecule has 0 aromatic heterocycles. The van der Waals surface area contributed by atoms with Crippen LogP contribution in [0, 0.1) is 17.0 Å². The average Bonchev–Trinajstić information content (AvgIpc) is 2.54. The molecule has 0 aliphatic carbocycles. The van der Waals surface area contributed by atoms with Gasteiger partial charge in [0.2, 0.25) is 15.9 Å². The minimum atomic E-state index is -3.84. The molecule has 0 fully saturated rings. The largest absolute Gasteiger partial charge is 0.324 e. The lowest BCUT2D eigenvalue weighted by Gasteiger charge is -2.22. The van der Waals surface area contributed by atoms with Gasteiger partial charge in [-0.15, -0.1) is 0 Å². The average molecular weight is 398 g/mol. The van der Waals surface area contributed by atoms with Crippen molar-refractivity contribution in [2.75, 3.05) is 22.4 Å². The van der Waals surface area contributed by atoms with E-state index in [0.29, 0.717) is 16.3 Å². The van der Waals surface area contributed by atoms with Crippen LogP contribution < -0.4 is 9.62 Å². The van der Waals surface area contributed by atoms with E-state index >= 15 is 0 Å². The van der Waals surface area contributed by atoms with E-state index in [-0.39, 0.29) is 11.4 Å². The molecular weight excluding hydrogens is 382 g/mol. The highest BCUT2D eigenvalue weighted by Gasteiger charge is 2.22. The Hall–Kier alpha value is -2.65. The van der Waals surface area contributed by atoms with Gasteiger partial charge >= 0.3 is 0 Å². The highest BCUT2D eigenvalue weighted by atomic mass is 35.5. The van der Waals surface area contributed by atoms with Crippen LogP contribution in [0.1, 0.15) is 5.56 Å². The number of sulfonamides is 1. The zero-order valence-electron chi connectivity index (χ0n) is 14.0. The summed E-state index contributed by atoms with van der Waals surface area (Å²) in [6.07, 6.45) is 0.923. The molecule has 0 spiro atoms. The van der Waals surface area contributed by atoms with Gasteiger partial charge in [0.25, 0.3) is 5.69 Å². The Balaban J connectivity index is 2.27. The molecule has 2 aromatic rings. The van der Waals surface area contributed by atoms with Gasteiger partial charge in [0.05, 0.1) is 16.9 Å². The predicted molar refractivity (Wildman–Crippen MR) is 100 cm³/mol. The second-order valence-corrected chi connectivity index (χ2v) is 7.90. The Kier molecular flexibility index (Phi) is 5.83. The summed E-state index contributed by atoms with van der Waals surface area (Å²) in [4.78, 5) is 22.6. The summed E-state index contributed by atoms with van der Waals surface area (Å²) in [7, 11) is -3.84. The molecule has 1 amide bonds. The summed E-state index contributed by atoms with van der Waals surface area (Å²) >= 11 is 5.86. The number of hydrogen-bond donors (Lipinski definition) is 1. The van der Waals surface area contributed by atoms with Gasteiger partial charge < -0.3 is 5.32 Å². The summed E-state index contributed by atoms with van der Waals surface area (Å²) in [5, 5.41) is 14.0. The van der Waals surface area contributed by atoms with Gasteiger partial charge in [-0.2, -0.15) is 0 Å². The zero-order chi connectivity index (χ0) is 19.5. The fourth-order valence-corrected chi connectivity index (χ4v) is 3.32. The van der Waals surface area contributed by atoms with Crippen molar-refractivity contribution in [1.29, 1.82) is 0 Å². The number of amides is 1. The number of halogens is 1. The Morgan fingerprint density at radius 3 is 2.54 bits per heavy atom. The number of hydrogen-bond acceptors (Lipinski definition) is 5. The fraction of sp³-hybridized carbons (Fsp3) is 0.188. The van der Waals surface area contributed by atoms with Crippen molar-refractivity contribution in [1.82, 2.24) is 0 Å². The van der Waals surface area contributed by atoms with Crippen LogP contribution in [0.2, 0.25) is 5.02 Å². The van der Waals surface area contributed by atoms with Crippen LogP contribution >= 0.6 is 11.6 Å². The van der Waals surface area contributed by atoms with Crippen molar-refractivity contribution in [3.63, 3.8) is 0 Å². The maximum atomic E-state index is 12.3. The van der Waals surface area contributed by atoms with Crippen LogP contribution in [-0.2, 0) is 14.8 Å². The second kappa shape index (κ2) is 7.71. The van der Waals surface area contributed by atoms with Crippen molar-refractivity contribution in [3.05, 3.63) is 63.2 Å². The number of anilines is 2. The van der Waals surface area contributed by atoms with Crippen LogP contribution in [0.4, 0.5) is 17.1 Å². The molecule has 10 heteroatoms. The quantitative estimate of drug-likeness (QED) is 0.595. The van der Waals surface area contributed by atoms with Gasteiger partial charge in [0.15, 0.2) is 0 Å². The lowest BCUT2D eigenvalue weighted by Crippen LogP contribution is -2.37. The molecule has 0 atom stereocenters. The number of carbonyl (C=O) groups is 1. The first-order chi connectivity index (χ1) is 12.1. The van der Waals surface area contributed by atoms with E-state index in [2.05, 4.69) is 5.32 Å². The SMILES string of the molecule is Cc1cc(Cl)ccc1NC(=O)CN(c1cccc([N+](=O)[O-])c1)S(C)(=O)=O. The summed E-state index contributed by atoms with van der Waals surface area (Å²) in [5.74, 6) is -0.590. The lowest BCUT2D eigenvalue weighted by atomic mass is 10.2. The smallest absolute Gasteiger partial charge is 0.271 e. The van der Waals surface area contributed by atoms with Gasteiger partial charge in [-0.3, -0.25) is 19.2 Å². The third-order valence-electron chi connectivity index (χ3n) is 3.48. The summed E-state index contributed by atoms with van der Waals surface area (Å²) in [5.41, 5.74) is 0.966. The molecule has 26 heavy (non-hydrogen) atoms. The number of nitrogens with one attached hydrogen (secondary N) is 1. The molecule has 0 bridgehead atoms. The van der Waals surface area contributed by atoms with Gasteiger partial charge in [-0.1, -0.05) is 17.7 Å². The van der Waals surface area contributed by atoms with Crippen LogP contribution in [0.25, 0.3) is 0 Å². The van der Waals surface area contributed by atoms with Crippen LogP contribution in [0.15, 0.2) is 42.5 Å². The first-order valence-corrected chi connectivity index (χ1v) is 9.59. The van der Waals surface area contributed by atoms with Crippen molar-refractivity contribution in [2.24, 2.45) is 0 Å². The Morgan fingerprint density at radius 2 is 1.96 bits per heavy atom. The maximum absolute atomic E-state index is 12.3. The topological polar surface area (TPSA) is 110 Å². The third-order valence-corrected chi connectivity index (χ3v) is 4.85. The lowest BCUT2D eigenvalue weighted by molar-refractivity contribution is -0.384. The van der Waals surface area contributed by atoms with Crippen molar-refractivity contribution in [3.8, 4) is 0 Å². The number of aryl methyl sites for hydroxylation is 1. The zero-order valence-corrected chi connectivity index (χ0v) is 15.5. The molecule has 138 valence electrons. The van der Waals surface area contributed by atoms with Gasteiger partial charge in [0.1, 0.15) is 6.54 Å². The number of carbonyl (C=O) groups excluding carboxylic acids is 1. The van der Waals surface area contributed by atoms with E-state index in [1.165, 1.54) is 18.2 Å². The molecule has 1 N–H and O–H groups in total. The Morgan fingerprint density at radius 1 is 1.27 bits per heavy atom. The highest BCUT2D eigenvalue weighted by Crippen LogP contribution is 2.24. The molecule has 8 nitrogen and oxygen atoms in total. The molecule has 0 unspecified atom stereocenters. The van der Waals surface area contributed by atoms with Gasteiger partial charge in [-0.25, -0.2) is 8.42 Å². The van der Waals surface area contributed by atoms with E-state index in [9.17, 15) is 23.3 Å². The monoisotopic (exact) mass is 397 g/mol. The number of benzene rings is 2. The van der Waals surface area contributed by atoms with Crippen molar-refractivity contribution < 1.29 is 18.1 Å². The highest BCUT2D eigenvalue weighted by molar-refractivity contribution is 7.92. The number of non-ortho nitro benzene ring substituents is 1. The van der Waals surface area contributed by atoms with E-state index < -0.39 is 27.4 Å². The van der Waals surface area contributed by atoms with E-state index in [0.717, 1.165) is 16.6 Å². The second-order valence-electron chi connectivity index (χ2n) is 5.55. The normalized spacial score (nSPS) is 11.0. The fourth-order valence-electron chi connectivity index (χ4n) is 2.25. The van der Waals surface area contributed by atoms with Gasteiger partial charge in [-0.05, 0) is 36.8 Å². The van der Waals surface area contributed by atoms with Crippen molar-refractivity contribution >= 4 is 44.6 Å². The van der Waals surface area contributed by atoms with Crippen LogP contribution in [0.5, 0.6) is 0 Å². The first-order valence-electron chi connectivity index (χ1n) is 7.36. The van der Waals surface area contributed by atoms with E-state index in [1.54, 1.807) is 25.1 Å². The summed E-state index contributed by atoms with van der Waals surface area (Å²) in [6, 6.07) is 9.93. The number of rotatable bonds is 6. The first kappa shape index (κ1) is 19.7. The number of nitrogens with zero attached hydrogens (tertiary/aromatic N) is 2. The third kappa shape index (κ3) is 4.93. The molecule has 0 saturated carbocycles. The standard InChI is InChI=1S/C16H16ClN3O5S/c1-11-8-12(17)6-7-15(11)18-16(21)10-19(26(2,24)25)13-4-3-5-14(9-13)20(22)23/h3-9H,10H2,1-2H3,(H,18,21). The predicted octanol–water partition coefficient (Wildman–Crippen LogP) is 2.96. The summed E-state index contributed by atoms with van der Waals surface area (Å²) < 4.78 is 24.9.